The van der Waals surface area contributed by atoms with Crippen LogP contribution in [0.2, 0.25) is 0 Å². The summed E-state index contributed by atoms with van der Waals surface area (Å²) in [5.41, 5.74) is 11.8. The Labute approximate surface area is 174 Å². The number of benzene rings is 2. The number of halogens is 4. The monoisotopic (exact) mass is 429 g/mol. The van der Waals surface area contributed by atoms with Gasteiger partial charge in [0.1, 0.15) is 23.3 Å². The highest BCUT2D eigenvalue weighted by atomic mass is 19.4. The maximum absolute atomic E-state index is 13.7. The van der Waals surface area contributed by atoms with E-state index in [-0.39, 0.29) is 11.6 Å². The zero-order valence-electron chi connectivity index (χ0n) is 15.9. The average Bonchev–Trinajstić information content (AvgIpc) is 2.72. The number of aliphatic carboxylic acids is 1. The Morgan fingerprint density at radius 3 is 2.42 bits per heavy atom. The standard InChI is InChI=1S/C20H14FN3.C2HF3O2/c21-14-6-3-5-13(10-14)18-16-9-8-12-4-1-2-7-15(12)19(16)24-20(23)17(18)11-22;3-2(4,5)1(6)7/h1-7,10H,8-9H2,(H2,23,24);(H,6,7). The SMILES string of the molecule is N#Cc1c(N)nc2c(c1-c1cccc(F)c1)CCc1ccccc1-2.O=C(O)C(F)(F)F. The molecule has 3 N–H and O–H groups in total. The van der Waals surface area contributed by atoms with Gasteiger partial charge in [0.2, 0.25) is 0 Å². The molecular weight excluding hydrogens is 414 g/mol. The number of carboxylic acids is 1. The van der Waals surface area contributed by atoms with Gasteiger partial charge >= 0.3 is 12.1 Å². The van der Waals surface area contributed by atoms with Crippen molar-refractivity contribution in [2.75, 3.05) is 5.73 Å². The summed E-state index contributed by atoms with van der Waals surface area (Å²) in [6.45, 7) is 0. The van der Waals surface area contributed by atoms with E-state index in [1.165, 1.54) is 17.7 Å². The highest BCUT2D eigenvalue weighted by molar-refractivity contribution is 5.86. The molecule has 5 nitrogen and oxygen atoms in total. The first-order chi connectivity index (χ1) is 14.6. The minimum absolute atomic E-state index is 0.187. The van der Waals surface area contributed by atoms with Crippen molar-refractivity contribution < 1.29 is 27.5 Å². The summed E-state index contributed by atoms with van der Waals surface area (Å²) in [6, 6.07) is 16.5. The third-order valence-electron chi connectivity index (χ3n) is 4.71. The Bertz CT molecular complexity index is 1200. The Morgan fingerprint density at radius 1 is 1.13 bits per heavy atom. The van der Waals surface area contributed by atoms with E-state index in [1.807, 2.05) is 18.2 Å². The molecule has 1 aromatic heterocycles. The highest BCUT2D eigenvalue weighted by Gasteiger charge is 2.38. The number of nitrogens with zero attached hydrogens (tertiary/aromatic N) is 2. The highest BCUT2D eigenvalue weighted by Crippen LogP contribution is 2.41. The topological polar surface area (TPSA) is 100 Å². The van der Waals surface area contributed by atoms with Crippen LogP contribution in [0.4, 0.5) is 23.4 Å². The number of anilines is 1. The summed E-state index contributed by atoms with van der Waals surface area (Å²) < 4.78 is 45.5. The Hall–Kier alpha value is -3.93. The van der Waals surface area contributed by atoms with Gasteiger partial charge < -0.3 is 10.8 Å². The lowest BCUT2D eigenvalue weighted by Crippen LogP contribution is -2.21. The van der Waals surface area contributed by atoms with Crippen LogP contribution in [-0.4, -0.2) is 22.2 Å². The van der Waals surface area contributed by atoms with Crippen LogP contribution in [0.5, 0.6) is 0 Å². The van der Waals surface area contributed by atoms with Crippen molar-refractivity contribution in [3.8, 4) is 28.5 Å². The molecule has 0 fully saturated rings. The van der Waals surface area contributed by atoms with Crippen LogP contribution in [0.25, 0.3) is 22.4 Å². The van der Waals surface area contributed by atoms with Crippen LogP contribution in [-0.2, 0) is 17.6 Å². The largest absolute Gasteiger partial charge is 0.490 e. The molecule has 2 aromatic carbocycles. The minimum atomic E-state index is -5.08. The lowest BCUT2D eigenvalue weighted by molar-refractivity contribution is -0.192. The number of nitriles is 1. The Balaban J connectivity index is 0.000000339. The van der Waals surface area contributed by atoms with Gasteiger partial charge in [-0.3, -0.25) is 0 Å². The third kappa shape index (κ3) is 4.48. The predicted molar refractivity (Wildman–Crippen MR) is 105 cm³/mol. The molecule has 0 aliphatic heterocycles. The summed E-state index contributed by atoms with van der Waals surface area (Å²) >= 11 is 0. The van der Waals surface area contributed by atoms with Gasteiger partial charge in [-0.1, -0.05) is 36.4 Å². The van der Waals surface area contributed by atoms with E-state index in [0.29, 0.717) is 16.7 Å². The van der Waals surface area contributed by atoms with E-state index in [0.717, 1.165) is 29.7 Å². The molecule has 1 aliphatic carbocycles. The molecule has 4 rings (SSSR count). The number of aryl methyl sites for hydroxylation is 1. The van der Waals surface area contributed by atoms with E-state index in [1.54, 1.807) is 12.1 Å². The second kappa shape index (κ2) is 8.44. The van der Waals surface area contributed by atoms with Crippen LogP contribution in [0.3, 0.4) is 0 Å². The van der Waals surface area contributed by atoms with Crippen LogP contribution < -0.4 is 5.73 Å². The zero-order valence-corrected chi connectivity index (χ0v) is 15.9. The zero-order chi connectivity index (χ0) is 22.8. The number of carboxylic acid groups (broad SMARTS) is 1. The molecule has 0 atom stereocenters. The second-order valence-corrected chi connectivity index (χ2v) is 6.66. The minimum Gasteiger partial charge on any atom is -0.475 e. The Kier molecular flexibility index (Phi) is 5.92. The van der Waals surface area contributed by atoms with Gasteiger partial charge in [-0.2, -0.15) is 18.4 Å². The first-order valence-corrected chi connectivity index (χ1v) is 9.00. The van der Waals surface area contributed by atoms with E-state index < -0.39 is 12.1 Å². The molecule has 0 saturated heterocycles. The molecule has 9 heteroatoms. The quantitative estimate of drug-likeness (QED) is 0.545. The smallest absolute Gasteiger partial charge is 0.475 e. The molecule has 0 radical (unpaired) electrons. The summed E-state index contributed by atoms with van der Waals surface area (Å²) in [6.07, 6.45) is -3.47. The van der Waals surface area contributed by atoms with Crippen molar-refractivity contribution in [2.24, 2.45) is 0 Å². The number of nitrogens with two attached hydrogens (primary N) is 1. The molecule has 31 heavy (non-hydrogen) atoms. The number of alkyl halides is 3. The Morgan fingerprint density at radius 2 is 1.81 bits per heavy atom. The molecule has 0 spiro atoms. The molecule has 0 amide bonds. The van der Waals surface area contributed by atoms with Crippen molar-refractivity contribution >= 4 is 11.8 Å². The summed E-state index contributed by atoms with van der Waals surface area (Å²) in [7, 11) is 0. The fourth-order valence-electron chi connectivity index (χ4n) is 3.41. The van der Waals surface area contributed by atoms with Crippen LogP contribution in [0.15, 0.2) is 48.5 Å². The third-order valence-corrected chi connectivity index (χ3v) is 4.71. The molecule has 0 unspecified atom stereocenters. The molecule has 1 aliphatic rings. The summed E-state index contributed by atoms with van der Waals surface area (Å²) in [4.78, 5) is 13.4. The molecular formula is C22H15F4N3O2. The molecule has 1 heterocycles. The van der Waals surface area contributed by atoms with Crippen LogP contribution in [0, 0.1) is 17.1 Å². The van der Waals surface area contributed by atoms with Crippen molar-refractivity contribution in [3.05, 3.63) is 71.0 Å². The maximum atomic E-state index is 13.7. The molecule has 0 bridgehead atoms. The number of fused-ring (bicyclic) bond motifs is 3. The van der Waals surface area contributed by atoms with E-state index in [9.17, 15) is 22.8 Å². The lowest BCUT2D eigenvalue weighted by Gasteiger charge is -2.23. The van der Waals surface area contributed by atoms with Gasteiger partial charge in [-0.25, -0.2) is 14.2 Å². The molecule has 3 aromatic rings. The summed E-state index contributed by atoms with van der Waals surface area (Å²) in [5, 5.41) is 16.7. The van der Waals surface area contributed by atoms with Gasteiger partial charge in [-0.15, -0.1) is 0 Å². The van der Waals surface area contributed by atoms with Gasteiger partial charge in [0.15, 0.2) is 0 Å². The van der Waals surface area contributed by atoms with Crippen molar-refractivity contribution in [3.63, 3.8) is 0 Å². The van der Waals surface area contributed by atoms with E-state index in [4.69, 9.17) is 15.6 Å². The first kappa shape index (κ1) is 21.8. The van der Waals surface area contributed by atoms with Gasteiger partial charge in [0, 0.05) is 11.1 Å². The van der Waals surface area contributed by atoms with Gasteiger partial charge in [0.25, 0.3) is 0 Å². The normalized spacial score (nSPS) is 12.0. The van der Waals surface area contributed by atoms with E-state index in [2.05, 4.69) is 17.1 Å². The number of hydrogen-bond donors (Lipinski definition) is 2. The van der Waals surface area contributed by atoms with Gasteiger partial charge in [0.05, 0.1) is 5.69 Å². The number of rotatable bonds is 1. The maximum Gasteiger partial charge on any atom is 0.490 e. The van der Waals surface area contributed by atoms with Crippen LogP contribution in [0.1, 0.15) is 16.7 Å². The predicted octanol–water partition coefficient (Wildman–Crippen LogP) is 4.74. The average molecular weight is 429 g/mol. The number of nitrogen functional groups attached to an aromatic ring is 1. The first-order valence-electron chi connectivity index (χ1n) is 9.00. The number of aromatic nitrogens is 1. The number of pyridine rings is 1. The number of hydrogen-bond acceptors (Lipinski definition) is 4. The van der Waals surface area contributed by atoms with Crippen molar-refractivity contribution in [1.29, 1.82) is 5.26 Å². The second-order valence-electron chi connectivity index (χ2n) is 6.66. The number of carbonyl (C=O) groups is 1. The fraction of sp³-hybridized carbons (Fsp3) is 0.136. The summed E-state index contributed by atoms with van der Waals surface area (Å²) in [5.74, 6) is -2.91. The van der Waals surface area contributed by atoms with Crippen LogP contribution >= 0.6 is 0 Å². The van der Waals surface area contributed by atoms with Crippen molar-refractivity contribution in [1.82, 2.24) is 4.98 Å². The molecule has 158 valence electrons. The van der Waals surface area contributed by atoms with Gasteiger partial charge in [-0.05, 0) is 41.7 Å². The van der Waals surface area contributed by atoms with Crippen molar-refractivity contribution in [2.45, 2.75) is 19.0 Å². The fourth-order valence-corrected chi connectivity index (χ4v) is 3.41. The lowest BCUT2D eigenvalue weighted by atomic mass is 9.83. The van der Waals surface area contributed by atoms with E-state index >= 15 is 0 Å². The molecule has 0 saturated carbocycles.